The number of hydrogen-bond acceptors (Lipinski definition) is 1. The van der Waals surface area contributed by atoms with E-state index in [1.54, 1.807) is 30.3 Å². The van der Waals surface area contributed by atoms with Gasteiger partial charge in [0.1, 0.15) is 0 Å². The summed E-state index contributed by atoms with van der Waals surface area (Å²) >= 11 is 5.76. The van der Waals surface area contributed by atoms with Gasteiger partial charge in [0.15, 0.2) is 6.21 Å². The van der Waals surface area contributed by atoms with E-state index in [1.165, 1.54) is 6.21 Å². The number of allylic oxidation sites excluding steroid dienone is 1. The van der Waals surface area contributed by atoms with E-state index in [0.29, 0.717) is 10.7 Å². The molecule has 0 bridgehead atoms. The van der Waals surface area contributed by atoms with E-state index in [9.17, 15) is 5.21 Å². The van der Waals surface area contributed by atoms with Gasteiger partial charge in [0.05, 0.1) is 0 Å². The van der Waals surface area contributed by atoms with Crippen molar-refractivity contribution in [3.8, 4) is 0 Å². The van der Waals surface area contributed by atoms with Crippen molar-refractivity contribution in [3.63, 3.8) is 0 Å². The van der Waals surface area contributed by atoms with Crippen molar-refractivity contribution in [3.05, 3.63) is 76.5 Å². The lowest BCUT2D eigenvalue weighted by atomic mass is 10.2. The molecule has 0 spiro atoms. The molecule has 0 saturated heterocycles. The number of hydrogen-bond donors (Lipinski definition) is 0. The molecular weight excluding hydrogens is 246 g/mol. The molecule has 0 aromatic heterocycles. The molecule has 0 N–H and O–H groups in total. The highest BCUT2D eigenvalue weighted by atomic mass is 35.5. The van der Waals surface area contributed by atoms with Crippen LogP contribution >= 0.6 is 11.6 Å². The lowest BCUT2D eigenvalue weighted by Gasteiger charge is -2.00. The van der Waals surface area contributed by atoms with Crippen LogP contribution < -0.4 is 0 Å². The summed E-state index contributed by atoms with van der Waals surface area (Å²) in [7, 11) is 0. The van der Waals surface area contributed by atoms with Gasteiger partial charge in [0.25, 0.3) is 0 Å². The van der Waals surface area contributed by atoms with E-state index in [-0.39, 0.29) is 0 Å². The zero-order valence-electron chi connectivity index (χ0n) is 9.66. The third-order valence-corrected chi connectivity index (χ3v) is 2.64. The Morgan fingerprint density at radius 1 is 0.944 bits per heavy atom. The van der Waals surface area contributed by atoms with Crippen LogP contribution in [0.15, 0.2) is 60.7 Å². The summed E-state index contributed by atoms with van der Waals surface area (Å²) in [6, 6.07) is 16.6. The molecule has 2 nitrogen and oxygen atoms in total. The summed E-state index contributed by atoms with van der Waals surface area (Å²) in [4.78, 5) is 0. The summed E-state index contributed by atoms with van der Waals surface area (Å²) in [6.45, 7) is 0. The fourth-order valence-electron chi connectivity index (χ4n) is 1.47. The predicted octanol–water partition coefficient (Wildman–Crippen LogP) is 4.27. The number of halogens is 1. The maximum atomic E-state index is 11.7. The third kappa shape index (κ3) is 3.47. The molecule has 0 aliphatic rings. The average Bonchev–Trinajstić information content (AvgIpc) is 2.40. The van der Waals surface area contributed by atoms with Crippen molar-refractivity contribution in [2.45, 2.75) is 0 Å². The normalized spacial score (nSPS) is 11.9. The minimum Gasteiger partial charge on any atom is -0.618 e. The van der Waals surface area contributed by atoms with Crippen LogP contribution in [0.1, 0.15) is 5.56 Å². The molecule has 3 heteroatoms. The van der Waals surface area contributed by atoms with Crippen molar-refractivity contribution in [2.75, 3.05) is 0 Å². The van der Waals surface area contributed by atoms with Crippen LogP contribution in [0.2, 0.25) is 5.02 Å². The van der Waals surface area contributed by atoms with Crippen molar-refractivity contribution in [2.24, 2.45) is 0 Å². The Hall–Kier alpha value is -2.06. The first kappa shape index (κ1) is 12.4. The van der Waals surface area contributed by atoms with Crippen LogP contribution in [-0.2, 0) is 0 Å². The van der Waals surface area contributed by atoms with Crippen LogP contribution in [0.5, 0.6) is 0 Å². The highest BCUT2D eigenvalue weighted by Crippen LogP contribution is 2.15. The zero-order chi connectivity index (χ0) is 12.8. The van der Waals surface area contributed by atoms with Gasteiger partial charge in [-0.25, -0.2) is 0 Å². The van der Waals surface area contributed by atoms with Gasteiger partial charge in [0, 0.05) is 23.2 Å². The van der Waals surface area contributed by atoms with E-state index < -0.39 is 0 Å². The Labute approximate surface area is 111 Å². The van der Waals surface area contributed by atoms with Crippen LogP contribution in [0, 0.1) is 5.21 Å². The average molecular weight is 258 g/mol. The predicted molar refractivity (Wildman–Crippen MR) is 76.3 cm³/mol. The number of nitrogens with zero attached hydrogens (tertiary/aromatic N) is 1. The minimum absolute atomic E-state index is 0.553. The molecule has 0 atom stereocenters. The summed E-state index contributed by atoms with van der Waals surface area (Å²) in [5.41, 5.74) is 1.61. The second kappa shape index (κ2) is 6.03. The van der Waals surface area contributed by atoms with Crippen molar-refractivity contribution in [1.29, 1.82) is 0 Å². The molecule has 0 fully saturated rings. The number of benzene rings is 2. The Bertz CT molecular complexity index is 559. The molecule has 0 amide bonds. The number of rotatable bonds is 3. The third-order valence-electron chi connectivity index (χ3n) is 2.39. The fourth-order valence-corrected chi connectivity index (χ4v) is 1.60. The summed E-state index contributed by atoms with van der Waals surface area (Å²) in [5, 5.41) is 12.3. The molecule has 2 aromatic rings. The van der Waals surface area contributed by atoms with E-state index in [0.717, 1.165) is 10.3 Å². The first-order valence-corrected chi connectivity index (χ1v) is 5.92. The topological polar surface area (TPSA) is 26.1 Å². The van der Waals surface area contributed by atoms with Gasteiger partial charge >= 0.3 is 0 Å². The Kier molecular flexibility index (Phi) is 4.15. The maximum absolute atomic E-state index is 11.7. The molecule has 18 heavy (non-hydrogen) atoms. The summed E-state index contributed by atoms with van der Waals surface area (Å²) < 4.78 is 0.801. The fraction of sp³-hybridized carbons (Fsp3) is 0. The zero-order valence-corrected chi connectivity index (χ0v) is 10.4. The molecule has 0 aliphatic heterocycles. The lowest BCUT2D eigenvalue weighted by molar-refractivity contribution is -0.354. The molecule has 2 rings (SSSR count). The van der Waals surface area contributed by atoms with Crippen LogP contribution in [-0.4, -0.2) is 11.0 Å². The maximum Gasteiger partial charge on any atom is 0.216 e. The van der Waals surface area contributed by atoms with Crippen molar-refractivity contribution in [1.82, 2.24) is 0 Å². The van der Waals surface area contributed by atoms with Crippen LogP contribution in [0.25, 0.3) is 6.08 Å². The molecule has 0 saturated carbocycles. The van der Waals surface area contributed by atoms with Gasteiger partial charge < -0.3 is 5.21 Å². The van der Waals surface area contributed by atoms with Gasteiger partial charge in [-0.15, -0.1) is 0 Å². The second-order valence-electron chi connectivity index (χ2n) is 3.72. The van der Waals surface area contributed by atoms with Crippen molar-refractivity contribution >= 4 is 29.6 Å². The summed E-state index contributed by atoms with van der Waals surface area (Å²) in [6.07, 6.45) is 5.06. The molecular formula is C15H12ClNO. The van der Waals surface area contributed by atoms with Gasteiger partial charge in [-0.05, 0) is 23.8 Å². The molecule has 2 aromatic carbocycles. The molecule has 0 unspecified atom stereocenters. The van der Waals surface area contributed by atoms with Gasteiger partial charge in [0.2, 0.25) is 5.69 Å². The monoisotopic (exact) mass is 257 g/mol. The minimum atomic E-state index is 0.553. The van der Waals surface area contributed by atoms with E-state index in [4.69, 9.17) is 11.6 Å². The molecule has 0 heterocycles. The standard InChI is InChI=1S/C15H12ClNO/c16-14-8-10-15(11-9-14)17(18)12-4-7-13-5-2-1-3-6-13/h1-12H/b7-4+,17-12-. The van der Waals surface area contributed by atoms with Gasteiger partial charge in [-0.2, -0.15) is 4.74 Å². The first-order valence-electron chi connectivity index (χ1n) is 5.54. The Morgan fingerprint density at radius 3 is 2.28 bits per heavy atom. The second-order valence-corrected chi connectivity index (χ2v) is 4.16. The van der Waals surface area contributed by atoms with Gasteiger partial charge in [-0.1, -0.05) is 41.9 Å². The largest absolute Gasteiger partial charge is 0.618 e. The van der Waals surface area contributed by atoms with Gasteiger partial charge in [-0.3, -0.25) is 0 Å². The van der Waals surface area contributed by atoms with E-state index >= 15 is 0 Å². The SMILES string of the molecule is [O-]/[N+](=C\C=C\c1ccccc1)c1ccc(Cl)cc1. The molecule has 90 valence electrons. The Balaban J connectivity index is 2.10. The Morgan fingerprint density at radius 2 is 1.61 bits per heavy atom. The van der Waals surface area contributed by atoms with E-state index in [1.807, 2.05) is 36.4 Å². The van der Waals surface area contributed by atoms with Crippen LogP contribution in [0.3, 0.4) is 0 Å². The highest BCUT2D eigenvalue weighted by Gasteiger charge is 1.98. The molecule has 0 radical (unpaired) electrons. The van der Waals surface area contributed by atoms with Crippen LogP contribution in [0.4, 0.5) is 5.69 Å². The lowest BCUT2D eigenvalue weighted by Crippen LogP contribution is -1.94. The van der Waals surface area contributed by atoms with Crippen molar-refractivity contribution < 1.29 is 4.74 Å². The quantitative estimate of drug-likeness (QED) is 0.349. The smallest absolute Gasteiger partial charge is 0.216 e. The first-order chi connectivity index (χ1) is 8.75. The summed E-state index contributed by atoms with van der Waals surface area (Å²) in [5.74, 6) is 0. The highest BCUT2D eigenvalue weighted by molar-refractivity contribution is 6.30. The van der Waals surface area contributed by atoms with E-state index in [2.05, 4.69) is 0 Å². The molecule has 0 aliphatic carbocycles.